The lowest BCUT2D eigenvalue weighted by molar-refractivity contribution is -0.160. The van der Waals surface area contributed by atoms with Gasteiger partial charge in [0.05, 0.1) is 5.92 Å². The van der Waals surface area contributed by atoms with Crippen LogP contribution in [0.2, 0.25) is 0 Å². The lowest BCUT2D eigenvalue weighted by Crippen LogP contribution is -2.21. The first-order valence-electron chi connectivity index (χ1n) is 3.62. The number of ether oxygens (including phenoxy) is 1. The molecule has 0 heterocycles. The van der Waals surface area contributed by atoms with Gasteiger partial charge in [-0.15, -0.1) is 0 Å². The molecule has 5 nitrogen and oxygen atoms in total. The molecule has 1 amide bonds. The third-order valence-electron chi connectivity index (χ3n) is 1.44. The van der Waals surface area contributed by atoms with E-state index in [4.69, 9.17) is 5.73 Å². The van der Waals surface area contributed by atoms with Crippen molar-refractivity contribution in [1.29, 1.82) is 0 Å². The molecule has 0 radical (unpaired) electrons. The van der Waals surface area contributed by atoms with Gasteiger partial charge in [0.15, 0.2) is 0 Å². The average Bonchev–Trinajstić information content (AvgIpc) is 2.63. The highest BCUT2D eigenvalue weighted by Gasteiger charge is 2.32. The van der Waals surface area contributed by atoms with Crippen LogP contribution in [0, 0.1) is 5.92 Å². The standard InChI is InChI=1S/C7H9NO4/c8-5(9)3-6(10)12-7(11)4-1-2-4/h4H,1-3H2,(H2,8,9). The number of rotatable bonds is 3. The van der Waals surface area contributed by atoms with E-state index in [0.717, 1.165) is 12.8 Å². The van der Waals surface area contributed by atoms with Gasteiger partial charge in [0.25, 0.3) is 0 Å². The molecule has 2 N–H and O–H groups in total. The van der Waals surface area contributed by atoms with Crippen molar-refractivity contribution in [3.63, 3.8) is 0 Å². The van der Waals surface area contributed by atoms with Crippen molar-refractivity contribution in [2.75, 3.05) is 0 Å². The molecule has 0 aromatic heterocycles. The maximum atomic E-state index is 10.8. The van der Waals surface area contributed by atoms with Crippen molar-refractivity contribution in [1.82, 2.24) is 0 Å². The van der Waals surface area contributed by atoms with Gasteiger partial charge >= 0.3 is 11.9 Å². The van der Waals surface area contributed by atoms with Gasteiger partial charge in [-0.3, -0.25) is 14.4 Å². The van der Waals surface area contributed by atoms with E-state index < -0.39 is 24.3 Å². The average molecular weight is 171 g/mol. The van der Waals surface area contributed by atoms with Crippen LogP contribution in [0.3, 0.4) is 0 Å². The van der Waals surface area contributed by atoms with Crippen LogP contribution in [0.1, 0.15) is 19.3 Å². The second-order valence-electron chi connectivity index (χ2n) is 2.71. The van der Waals surface area contributed by atoms with Crippen LogP contribution in [-0.2, 0) is 19.1 Å². The fraction of sp³-hybridized carbons (Fsp3) is 0.571. The highest BCUT2D eigenvalue weighted by atomic mass is 16.6. The summed E-state index contributed by atoms with van der Waals surface area (Å²) < 4.78 is 4.31. The molecule has 66 valence electrons. The fourth-order valence-corrected chi connectivity index (χ4v) is 0.693. The molecule has 0 saturated heterocycles. The number of carbonyl (C=O) groups excluding carboxylic acids is 3. The molecule has 1 saturated carbocycles. The minimum absolute atomic E-state index is 0.137. The molecule has 0 aliphatic heterocycles. The summed E-state index contributed by atoms with van der Waals surface area (Å²) in [5.74, 6) is -2.33. The first-order valence-corrected chi connectivity index (χ1v) is 3.62. The second kappa shape index (κ2) is 3.34. The van der Waals surface area contributed by atoms with Gasteiger partial charge in [-0.05, 0) is 12.8 Å². The first-order chi connectivity index (χ1) is 5.59. The largest absolute Gasteiger partial charge is 0.393 e. The van der Waals surface area contributed by atoms with Crippen LogP contribution in [0.25, 0.3) is 0 Å². The Hall–Kier alpha value is -1.39. The van der Waals surface area contributed by atoms with Crippen LogP contribution in [0.5, 0.6) is 0 Å². The Bertz CT molecular complexity index is 232. The Morgan fingerprint density at radius 2 is 1.92 bits per heavy atom. The summed E-state index contributed by atoms with van der Waals surface area (Å²) in [6.07, 6.45) is 1.00. The molecule has 1 aliphatic carbocycles. The van der Waals surface area contributed by atoms with Crippen LogP contribution >= 0.6 is 0 Å². The molecule has 1 aliphatic rings. The predicted molar refractivity (Wildman–Crippen MR) is 37.6 cm³/mol. The van der Waals surface area contributed by atoms with Gasteiger partial charge in [0.1, 0.15) is 6.42 Å². The molecule has 0 unspecified atom stereocenters. The Kier molecular flexibility index (Phi) is 2.42. The van der Waals surface area contributed by atoms with Crippen LogP contribution in [0.4, 0.5) is 0 Å². The predicted octanol–water partition coefficient (Wildman–Crippen LogP) is -0.658. The van der Waals surface area contributed by atoms with E-state index in [0.29, 0.717) is 0 Å². The van der Waals surface area contributed by atoms with E-state index in [1.807, 2.05) is 0 Å². The molecule has 0 aromatic carbocycles. The number of hydrogen-bond donors (Lipinski definition) is 1. The van der Waals surface area contributed by atoms with Gasteiger partial charge in [0.2, 0.25) is 5.91 Å². The maximum Gasteiger partial charge on any atom is 0.322 e. The summed E-state index contributed by atoms with van der Waals surface area (Å²) in [5.41, 5.74) is 4.71. The van der Waals surface area contributed by atoms with Crippen molar-refractivity contribution in [3.8, 4) is 0 Å². The molecule has 12 heavy (non-hydrogen) atoms. The van der Waals surface area contributed by atoms with E-state index in [-0.39, 0.29) is 5.92 Å². The second-order valence-corrected chi connectivity index (χ2v) is 2.71. The smallest absolute Gasteiger partial charge is 0.322 e. The summed E-state index contributed by atoms with van der Waals surface area (Å²) >= 11 is 0. The lowest BCUT2D eigenvalue weighted by Gasteiger charge is -1.98. The van der Waals surface area contributed by atoms with E-state index in [9.17, 15) is 14.4 Å². The Labute approximate surface area is 68.9 Å². The van der Waals surface area contributed by atoms with Gasteiger partial charge in [-0.25, -0.2) is 0 Å². The maximum absolute atomic E-state index is 10.8. The molecular weight excluding hydrogens is 162 g/mol. The van der Waals surface area contributed by atoms with E-state index in [1.54, 1.807) is 0 Å². The van der Waals surface area contributed by atoms with E-state index in [2.05, 4.69) is 4.74 Å². The van der Waals surface area contributed by atoms with Crippen LogP contribution in [-0.4, -0.2) is 17.8 Å². The fourth-order valence-electron chi connectivity index (χ4n) is 0.693. The summed E-state index contributed by atoms with van der Waals surface area (Å²) in [5, 5.41) is 0. The zero-order valence-corrected chi connectivity index (χ0v) is 6.41. The molecule has 1 fully saturated rings. The number of esters is 2. The third-order valence-corrected chi connectivity index (χ3v) is 1.44. The molecule has 0 bridgehead atoms. The van der Waals surface area contributed by atoms with Gasteiger partial charge in [0, 0.05) is 0 Å². The topological polar surface area (TPSA) is 86.5 Å². The minimum atomic E-state index is -0.862. The summed E-state index contributed by atoms with van der Waals surface area (Å²) in [6, 6.07) is 0. The van der Waals surface area contributed by atoms with Crippen LogP contribution in [0.15, 0.2) is 0 Å². The quantitative estimate of drug-likeness (QED) is 0.451. The molecule has 5 heteroatoms. The van der Waals surface area contributed by atoms with Crippen molar-refractivity contribution in [3.05, 3.63) is 0 Å². The van der Waals surface area contributed by atoms with Crippen LogP contribution < -0.4 is 5.73 Å². The zero-order valence-electron chi connectivity index (χ0n) is 6.41. The summed E-state index contributed by atoms with van der Waals surface area (Å²) in [4.78, 5) is 31.6. The third kappa shape index (κ3) is 2.69. The molecule has 0 spiro atoms. The van der Waals surface area contributed by atoms with Crippen molar-refractivity contribution in [2.24, 2.45) is 11.7 Å². The minimum Gasteiger partial charge on any atom is -0.393 e. The van der Waals surface area contributed by atoms with Gasteiger partial charge in [-0.1, -0.05) is 0 Å². The van der Waals surface area contributed by atoms with Crippen molar-refractivity contribution >= 4 is 17.8 Å². The normalized spacial score (nSPS) is 15.3. The SMILES string of the molecule is NC(=O)CC(=O)OC(=O)C1CC1. The summed E-state index contributed by atoms with van der Waals surface area (Å²) in [7, 11) is 0. The van der Waals surface area contributed by atoms with Gasteiger partial charge < -0.3 is 10.5 Å². The molecule has 1 rings (SSSR count). The number of carbonyl (C=O) groups is 3. The molecular formula is C7H9NO4. The van der Waals surface area contributed by atoms with E-state index in [1.165, 1.54) is 0 Å². The lowest BCUT2D eigenvalue weighted by atomic mass is 10.4. The van der Waals surface area contributed by atoms with Crippen molar-refractivity contribution in [2.45, 2.75) is 19.3 Å². The zero-order chi connectivity index (χ0) is 9.14. The highest BCUT2D eigenvalue weighted by molar-refractivity contribution is 5.98. The van der Waals surface area contributed by atoms with Crippen molar-refractivity contribution < 1.29 is 19.1 Å². The Morgan fingerprint density at radius 3 is 2.33 bits per heavy atom. The Morgan fingerprint density at radius 1 is 1.33 bits per heavy atom. The number of nitrogens with two attached hydrogens (primary N) is 1. The highest BCUT2D eigenvalue weighted by Crippen LogP contribution is 2.30. The Balaban J connectivity index is 2.25. The van der Waals surface area contributed by atoms with E-state index >= 15 is 0 Å². The van der Waals surface area contributed by atoms with Gasteiger partial charge in [-0.2, -0.15) is 0 Å². The summed E-state index contributed by atoms with van der Waals surface area (Å²) in [6.45, 7) is 0. The monoisotopic (exact) mass is 171 g/mol. The first kappa shape index (κ1) is 8.70. The molecule has 0 atom stereocenters. The molecule has 0 aromatic rings. The number of amides is 1. The number of primary amides is 1. The number of hydrogen-bond acceptors (Lipinski definition) is 4.